The number of esters is 7. The molecule has 0 aromatic heterocycles. The first-order valence-electron chi connectivity index (χ1n) is 15.2. The van der Waals surface area contributed by atoms with Gasteiger partial charge in [0.15, 0.2) is 0 Å². The molecule has 256 valence electrons. The molecule has 3 saturated heterocycles. The Balaban J connectivity index is 1.34. The summed E-state index contributed by atoms with van der Waals surface area (Å²) in [7, 11) is 1.20. The number of cyclic esters (lactones) is 2. The van der Waals surface area contributed by atoms with Gasteiger partial charge in [-0.05, 0) is 39.3 Å². The van der Waals surface area contributed by atoms with Crippen molar-refractivity contribution in [3.8, 4) is 0 Å². The van der Waals surface area contributed by atoms with Gasteiger partial charge in [0.25, 0.3) is 17.4 Å². The topological polar surface area (TPSA) is 184 Å². The highest BCUT2D eigenvalue weighted by molar-refractivity contribution is 6.16. The first-order chi connectivity index (χ1) is 22.6. The second kappa shape index (κ2) is 14.2. The Morgan fingerprint density at radius 3 is 1.60 bits per heavy atom. The summed E-state index contributed by atoms with van der Waals surface area (Å²) in [5.74, 6) is -10.8. The molecule has 0 radical (unpaired) electrons. The van der Waals surface area contributed by atoms with Gasteiger partial charge in [0, 0.05) is 39.0 Å². The highest BCUT2D eigenvalue weighted by Gasteiger charge is 2.56. The van der Waals surface area contributed by atoms with Crippen LogP contribution >= 0.6 is 0 Å². The van der Waals surface area contributed by atoms with Crippen LogP contribution in [0, 0.1) is 0 Å². The fourth-order valence-corrected chi connectivity index (χ4v) is 5.19. The first kappa shape index (κ1) is 35.6. The highest BCUT2D eigenvalue weighted by Crippen LogP contribution is 2.45. The molecule has 4 rings (SSSR count). The largest absolute Gasteiger partial charge is 0.469 e. The Hall–Kier alpha value is -5.27. The number of ether oxygens (including phenoxy) is 7. The minimum Gasteiger partial charge on any atom is -0.469 e. The zero-order valence-corrected chi connectivity index (χ0v) is 27.2. The van der Waals surface area contributed by atoms with Crippen molar-refractivity contribution in [2.45, 2.75) is 90.0 Å². The summed E-state index contributed by atoms with van der Waals surface area (Å²) in [6.07, 6.45) is 9.92. The van der Waals surface area contributed by atoms with Crippen molar-refractivity contribution in [2.75, 3.05) is 7.11 Å². The molecule has 0 unspecified atom stereocenters. The van der Waals surface area contributed by atoms with Crippen LogP contribution in [0.3, 0.4) is 0 Å². The van der Waals surface area contributed by atoms with Gasteiger partial charge in [-0.15, -0.1) is 0 Å². The van der Waals surface area contributed by atoms with Gasteiger partial charge in [-0.1, -0.05) is 41.5 Å². The zero-order chi connectivity index (χ0) is 35.3. The van der Waals surface area contributed by atoms with Crippen molar-refractivity contribution in [3.05, 3.63) is 70.4 Å². The van der Waals surface area contributed by atoms with Crippen molar-refractivity contribution in [3.63, 3.8) is 0 Å². The molecule has 0 aromatic rings. The maximum Gasteiger partial charge on any atom is 0.348 e. The van der Waals surface area contributed by atoms with E-state index < -0.39 is 59.1 Å². The molecule has 14 heteroatoms. The fourth-order valence-electron chi connectivity index (χ4n) is 5.19. The van der Waals surface area contributed by atoms with Gasteiger partial charge < -0.3 is 33.2 Å². The van der Waals surface area contributed by atoms with E-state index in [2.05, 4.69) is 4.74 Å². The summed E-state index contributed by atoms with van der Waals surface area (Å²) in [6.45, 7) is 6.61. The molecule has 0 amide bonds. The molecule has 1 aliphatic carbocycles. The number of allylic oxidation sites excluding steroid dienone is 9. The van der Waals surface area contributed by atoms with Gasteiger partial charge in [-0.3, -0.25) is 4.79 Å². The van der Waals surface area contributed by atoms with E-state index in [9.17, 15) is 33.6 Å². The lowest BCUT2D eigenvalue weighted by Gasteiger charge is -2.46. The van der Waals surface area contributed by atoms with Crippen molar-refractivity contribution in [1.82, 2.24) is 0 Å². The Morgan fingerprint density at radius 1 is 0.708 bits per heavy atom. The third-order valence-corrected chi connectivity index (χ3v) is 7.94. The van der Waals surface area contributed by atoms with E-state index in [0.717, 1.165) is 5.57 Å². The second-order valence-corrected chi connectivity index (χ2v) is 11.8. The van der Waals surface area contributed by atoms with Crippen LogP contribution in [0.25, 0.3) is 0 Å². The number of carbonyl (C=O) groups excluding carboxylic acids is 7. The molecule has 1 saturated carbocycles. The summed E-state index contributed by atoms with van der Waals surface area (Å²) in [4.78, 5) is 87.4. The number of hydrogen-bond donors (Lipinski definition) is 0. The minimum absolute atomic E-state index is 0.0472. The average Bonchev–Trinajstić information content (AvgIpc) is 3.00. The molecule has 3 aliphatic heterocycles. The summed E-state index contributed by atoms with van der Waals surface area (Å²) < 4.78 is 37.1. The van der Waals surface area contributed by atoms with E-state index in [1.165, 1.54) is 38.3 Å². The predicted molar refractivity (Wildman–Crippen MR) is 161 cm³/mol. The number of carbonyl (C=O) groups is 7. The lowest BCUT2D eigenvalue weighted by atomic mass is 9.87. The number of methoxy groups -OCH3 is 1. The van der Waals surface area contributed by atoms with E-state index in [0.29, 0.717) is 5.57 Å². The van der Waals surface area contributed by atoms with E-state index in [4.69, 9.17) is 28.4 Å². The van der Waals surface area contributed by atoms with Crippen LogP contribution in [-0.4, -0.2) is 66.3 Å². The fraction of sp³-hybridized carbons (Fsp3) is 0.441. The van der Waals surface area contributed by atoms with Gasteiger partial charge in [0.05, 0.1) is 13.5 Å². The van der Waals surface area contributed by atoms with Crippen molar-refractivity contribution in [2.24, 2.45) is 0 Å². The molecule has 48 heavy (non-hydrogen) atoms. The van der Waals surface area contributed by atoms with Gasteiger partial charge in [0.1, 0.15) is 16.7 Å². The van der Waals surface area contributed by atoms with Crippen LogP contribution in [0.15, 0.2) is 70.4 Å². The molecular formula is C34H36O14. The smallest absolute Gasteiger partial charge is 0.348 e. The summed E-state index contributed by atoms with van der Waals surface area (Å²) in [5, 5.41) is 0. The molecule has 0 atom stereocenters. The number of hydrogen-bond acceptors (Lipinski definition) is 14. The van der Waals surface area contributed by atoms with E-state index in [-0.39, 0.29) is 61.7 Å². The summed E-state index contributed by atoms with van der Waals surface area (Å²) >= 11 is 0. The number of rotatable bonds is 8. The van der Waals surface area contributed by atoms with Crippen LogP contribution < -0.4 is 0 Å². The molecule has 0 bridgehead atoms. The zero-order valence-electron chi connectivity index (χ0n) is 27.2. The van der Waals surface area contributed by atoms with E-state index in [1.54, 1.807) is 26.0 Å². The second-order valence-electron chi connectivity index (χ2n) is 11.8. The molecule has 2 spiro atoms. The standard InChI is InChI=1S/C34H36O14/c1-6-7-20(2)8-11-23-28(38)45-33(46-29(23)39)16-18-34(19-17-33)47-30(40)24(31(41)48-34)13-10-21(3)9-12-22-26(36)43-32(4,44-27(22)37)15-14-25(35)42-5/h6-9,11-13H,10,14-19H2,1-5H3. The Bertz CT molecular complexity index is 1540. The Kier molecular flexibility index (Phi) is 10.6. The molecule has 0 N–H and O–H groups in total. The van der Waals surface area contributed by atoms with Gasteiger partial charge in [0.2, 0.25) is 0 Å². The highest BCUT2D eigenvalue weighted by atomic mass is 16.8. The Labute approximate surface area is 276 Å². The van der Waals surface area contributed by atoms with Crippen LogP contribution in [0.4, 0.5) is 0 Å². The van der Waals surface area contributed by atoms with Crippen molar-refractivity contribution >= 4 is 41.8 Å². The van der Waals surface area contributed by atoms with E-state index >= 15 is 0 Å². The van der Waals surface area contributed by atoms with Gasteiger partial charge in [-0.2, -0.15) is 0 Å². The molecule has 4 fully saturated rings. The SMILES string of the molecule is CC=CC(C)=CC=C1C(=O)OC2(CCC3(CC2)OC(=O)C(=CCC(C)=CC=C2C(=O)OC(C)(CCC(=O)OC)OC2=O)C(=O)O3)OC1=O. The first-order valence-corrected chi connectivity index (χ1v) is 15.2. The quantitative estimate of drug-likeness (QED) is 0.120. The van der Waals surface area contributed by atoms with Gasteiger partial charge in [-0.25, -0.2) is 28.8 Å². The van der Waals surface area contributed by atoms with Crippen LogP contribution in [-0.2, 0) is 66.7 Å². The minimum atomic E-state index is -1.63. The maximum atomic E-state index is 12.9. The van der Waals surface area contributed by atoms with Crippen molar-refractivity contribution in [1.29, 1.82) is 0 Å². The predicted octanol–water partition coefficient (Wildman–Crippen LogP) is 3.56. The monoisotopic (exact) mass is 668 g/mol. The third-order valence-electron chi connectivity index (χ3n) is 7.94. The van der Waals surface area contributed by atoms with E-state index in [1.807, 2.05) is 13.0 Å². The van der Waals surface area contributed by atoms with Crippen LogP contribution in [0.5, 0.6) is 0 Å². The molecule has 14 nitrogen and oxygen atoms in total. The third kappa shape index (κ3) is 8.17. The lowest BCUT2D eigenvalue weighted by molar-refractivity contribution is -0.291. The molecule has 3 heterocycles. The van der Waals surface area contributed by atoms with Crippen LogP contribution in [0.1, 0.15) is 72.6 Å². The summed E-state index contributed by atoms with van der Waals surface area (Å²) in [6, 6.07) is 0. The molecule has 0 aromatic carbocycles. The van der Waals surface area contributed by atoms with Crippen LogP contribution in [0.2, 0.25) is 0 Å². The molecule has 4 aliphatic rings. The Morgan fingerprint density at radius 2 is 1.15 bits per heavy atom. The maximum absolute atomic E-state index is 12.9. The average molecular weight is 669 g/mol. The summed E-state index contributed by atoms with van der Waals surface area (Å²) in [5.41, 5.74) is 0.343. The normalized spacial score (nSPS) is 28.0. The van der Waals surface area contributed by atoms with Gasteiger partial charge >= 0.3 is 41.8 Å². The lowest BCUT2D eigenvalue weighted by Crippen LogP contribution is -2.56. The van der Waals surface area contributed by atoms with Crippen molar-refractivity contribution < 1.29 is 66.7 Å². The molecular weight excluding hydrogens is 632 g/mol.